The van der Waals surface area contributed by atoms with Crippen LogP contribution in [0.3, 0.4) is 0 Å². The van der Waals surface area contributed by atoms with Crippen molar-refractivity contribution in [3.05, 3.63) is 34.6 Å². The van der Waals surface area contributed by atoms with E-state index in [9.17, 15) is 4.79 Å². The summed E-state index contributed by atoms with van der Waals surface area (Å²) in [5.41, 5.74) is 5.50. The molecule has 0 saturated heterocycles. The molecule has 1 aromatic heterocycles. The molecule has 5 heteroatoms. The van der Waals surface area contributed by atoms with Crippen molar-refractivity contribution in [1.29, 1.82) is 0 Å². The molecule has 0 saturated carbocycles. The van der Waals surface area contributed by atoms with Gasteiger partial charge in [-0.05, 0) is 25.0 Å². The maximum Gasteiger partial charge on any atom is 0.268 e. The zero-order valence-corrected chi connectivity index (χ0v) is 10.3. The van der Waals surface area contributed by atoms with Gasteiger partial charge in [0.15, 0.2) is 0 Å². The molecule has 2 rings (SSSR count). The second-order valence-electron chi connectivity index (χ2n) is 3.56. The Morgan fingerprint density at radius 3 is 2.88 bits per heavy atom. The minimum Gasteiger partial charge on any atom is -0.393 e. The van der Waals surface area contributed by atoms with Gasteiger partial charge in [-0.2, -0.15) is 0 Å². The number of hydrogen-bond donors (Lipinski definition) is 1. The fraction of sp³-hybridized carbons (Fsp3) is 0.273. The monoisotopic (exact) mass is 252 g/mol. The summed E-state index contributed by atoms with van der Waals surface area (Å²) in [6.07, 6.45) is 1.51. The Balaban J connectivity index is 2.22. The second-order valence-corrected chi connectivity index (χ2v) is 5.15. The van der Waals surface area contributed by atoms with Crippen molar-refractivity contribution >= 4 is 38.8 Å². The fourth-order valence-electron chi connectivity index (χ4n) is 1.56. The highest BCUT2D eigenvalue weighted by atomic mass is 32.1. The largest absolute Gasteiger partial charge is 0.393 e. The van der Waals surface area contributed by atoms with Gasteiger partial charge in [0.05, 0.1) is 15.1 Å². The Labute approximate surface area is 103 Å². The predicted molar refractivity (Wildman–Crippen MR) is 72.1 cm³/mol. The Morgan fingerprint density at radius 2 is 2.19 bits per heavy atom. The SMILES string of the molecule is NC(=S)CCCn1sc2ccccc2c1=O. The van der Waals surface area contributed by atoms with Crippen molar-refractivity contribution in [3.63, 3.8) is 0 Å². The van der Waals surface area contributed by atoms with Gasteiger partial charge in [-0.25, -0.2) is 0 Å². The lowest BCUT2D eigenvalue weighted by Crippen LogP contribution is -2.15. The quantitative estimate of drug-likeness (QED) is 0.848. The maximum absolute atomic E-state index is 11.9. The first-order valence-corrected chi connectivity index (χ1v) is 6.24. The maximum atomic E-state index is 11.9. The first kappa shape index (κ1) is 11.3. The van der Waals surface area contributed by atoms with Gasteiger partial charge in [-0.15, -0.1) is 0 Å². The number of thiocarbonyl (C=S) groups is 1. The van der Waals surface area contributed by atoms with Crippen LogP contribution in [0, 0.1) is 0 Å². The average molecular weight is 252 g/mol. The van der Waals surface area contributed by atoms with Gasteiger partial charge in [0.25, 0.3) is 5.56 Å². The molecule has 0 aliphatic heterocycles. The Kier molecular flexibility index (Phi) is 3.36. The number of benzene rings is 1. The topological polar surface area (TPSA) is 48.0 Å². The molecule has 1 aromatic carbocycles. The van der Waals surface area contributed by atoms with E-state index in [1.165, 1.54) is 11.5 Å². The Hall–Kier alpha value is -1.20. The van der Waals surface area contributed by atoms with Crippen LogP contribution in [0.15, 0.2) is 29.1 Å². The molecule has 0 atom stereocenters. The van der Waals surface area contributed by atoms with Crippen molar-refractivity contribution in [2.45, 2.75) is 19.4 Å². The Bertz CT molecular complexity index is 571. The van der Waals surface area contributed by atoms with E-state index in [4.69, 9.17) is 18.0 Å². The van der Waals surface area contributed by atoms with Gasteiger partial charge >= 0.3 is 0 Å². The van der Waals surface area contributed by atoms with Crippen molar-refractivity contribution in [3.8, 4) is 0 Å². The molecular weight excluding hydrogens is 240 g/mol. The molecular formula is C11H12N2OS2. The molecule has 0 bridgehead atoms. The molecule has 2 aromatic rings. The van der Waals surface area contributed by atoms with Crippen LogP contribution >= 0.6 is 23.8 Å². The standard InChI is InChI=1S/C11H12N2OS2/c12-10(15)6-3-7-13-11(14)8-4-1-2-5-9(8)16-13/h1-2,4-5H,3,6-7H2,(H2,12,15). The molecule has 1 heterocycles. The van der Waals surface area contributed by atoms with E-state index in [0.29, 0.717) is 18.0 Å². The van der Waals surface area contributed by atoms with E-state index in [2.05, 4.69) is 0 Å². The van der Waals surface area contributed by atoms with E-state index in [0.717, 1.165) is 16.5 Å². The second kappa shape index (κ2) is 4.76. The van der Waals surface area contributed by atoms with Crippen LogP contribution in [0.2, 0.25) is 0 Å². The van der Waals surface area contributed by atoms with Gasteiger partial charge in [0, 0.05) is 6.54 Å². The van der Waals surface area contributed by atoms with Crippen LogP contribution in [0.25, 0.3) is 10.1 Å². The summed E-state index contributed by atoms with van der Waals surface area (Å²) in [5.74, 6) is 0. The fourth-order valence-corrected chi connectivity index (χ4v) is 2.74. The highest BCUT2D eigenvalue weighted by Crippen LogP contribution is 2.16. The third-order valence-corrected chi connectivity index (χ3v) is 3.66. The smallest absolute Gasteiger partial charge is 0.268 e. The zero-order chi connectivity index (χ0) is 11.5. The van der Waals surface area contributed by atoms with Crippen molar-refractivity contribution in [2.24, 2.45) is 5.73 Å². The predicted octanol–water partition coefficient (Wildman–Crippen LogP) is 2.13. The summed E-state index contributed by atoms with van der Waals surface area (Å²) in [4.78, 5) is 12.4. The molecule has 0 aliphatic rings. The third kappa shape index (κ3) is 2.31. The van der Waals surface area contributed by atoms with E-state index in [-0.39, 0.29) is 5.56 Å². The number of nitrogens with two attached hydrogens (primary N) is 1. The highest BCUT2D eigenvalue weighted by molar-refractivity contribution is 7.80. The van der Waals surface area contributed by atoms with Crippen molar-refractivity contribution < 1.29 is 0 Å². The number of aryl methyl sites for hydroxylation is 1. The molecule has 0 amide bonds. The summed E-state index contributed by atoms with van der Waals surface area (Å²) < 4.78 is 2.80. The van der Waals surface area contributed by atoms with E-state index < -0.39 is 0 Å². The minimum atomic E-state index is 0.0866. The van der Waals surface area contributed by atoms with Gasteiger partial charge in [-0.1, -0.05) is 35.9 Å². The summed E-state index contributed by atoms with van der Waals surface area (Å²) >= 11 is 6.30. The Morgan fingerprint density at radius 1 is 1.44 bits per heavy atom. The van der Waals surface area contributed by atoms with Crippen LogP contribution in [0.1, 0.15) is 12.8 Å². The van der Waals surface area contributed by atoms with Crippen LogP contribution in [-0.4, -0.2) is 8.95 Å². The zero-order valence-electron chi connectivity index (χ0n) is 8.68. The number of aromatic nitrogens is 1. The summed E-state index contributed by atoms with van der Waals surface area (Å²) in [6.45, 7) is 0.690. The molecule has 2 N–H and O–H groups in total. The number of fused-ring (bicyclic) bond motifs is 1. The molecule has 16 heavy (non-hydrogen) atoms. The van der Waals surface area contributed by atoms with Crippen LogP contribution in [-0.2, 0) is 6.54 Å². The summed E-state index contributed by atoms with van der Waals surface area (Å²) in [6, 6.07) is 7.65. The van der Waals surface area contributed by atoms with Crippen LogP contribution in [0.4, 0.5) is 0 Å². The molecule has 3 nitrogen and oxygen atoms in total. The lowest BCUT2D eigenvalue weighted by molar-refractivity contribution is 0.693. The molecule has 0 aliphatic carbocycles. The van der Waals surface area contributed by atoms with Crippen LogP contribution in [0.5, 0.6) is 0 Å². The van der Waals surface area contributed by atoms with Gasteiger partial charge in [0.1, 0.15) is 0 Å². The van der Waals surface area contributed by atoms with Crippen LogP contribution < -0.4 is 11.3 Å². The lowest BCUT2D eigenvalue weighted by Gasteiger charge is -1.98. The van der Waals surface area contributed by atoms with Crippen molar-refractivity contribution in [1.82, 2.24) is 3.96 Å². The van der Waals surface area contributed by atoms with E-state index in [1.54, 1.807) is 3.96 Å². The van der Waals surface area contributed by atoms with Gasteiger partial charge < -0.3 is 5.73 Å². The number of hydrogen-bond acceptors (Lipinski definition) is 3. The first-order chi connectivity index (χ1) is 7.68. The molecule has 0 fully saturated rings. The van der Waals surface area contributed by atoms with E-state index >= 15 is 0 Å². The van der Waals surface area contributed by atoms with Crippen molar-refractivity contribution in [2.75, 3.05) is 0 Å². The lowest BCUT2D eigenvalue weighted by atomic mass is 10.3. The number of rotatable bonds is 4. The molecule has 0 radical (unpaired) electrons. The summed E-state index contributed by atoms with van der Waals surface area (Å²) in [5, 5.41) is 0.794. The normalized spacial score (nSPS) is 10.8. The molecule has 0 spiro atoms. The molecule has 84 valence electrons. The minimum absolute atomic E-state index is 0.0866. The highest BCUT2D eigenvalue weighted by Gasteiger charge is 2.05. The third-order valence-electron chi connectivity index (χ3n) is 2.34. The van der Waals surface area contributed by atoms with Gasteiger partial charge in [-0.3, -0.25) is 8.75 Å². The molecule has 0 unspecified atom stereocenters. The number of nitrogens with zero attached hydrogens (tertiary/aromatic N) is 1. The summed E-state index contributed by atoms with van der Waals surface area (Å²) in [7, 11) is 0. The first-order valence-electron chi connectivity index (χ1n) is 5.05. The van der Waals surface area contributed by atoms with E-state index in [1.807, 2.05) is 24.3 Å². The van der Waals surface area contributed by atoms with Gasteiger partial charge in [0.2, 0.25) is 0 Å². The average Bonchev–Trinajstić information content (AvgIpc) is 2.56.